The minimum absolute atomic E-state index is 0.119. The summed E-state index contributed by atoms with van der Waals surface area (Å²) in [6.45, 7) is 0. The molecule has 0 bridgehead atoms. The Labute approximate surface area is 196 Å². The zero-order chi connectivity index (χ0) is 23.7. The second-order valence-corrected chi connectivity index (χ2v) is 8.13. The minimum atomic E-state index is -0.589. The molecule has 0 fully saturated rings. The van der Waals surface area contributed by atoms with Crippen molar-refractivity contribution in [1.82, 2.24) is 4.57 Å². The van der Waals surface area contributed by atoms with Crippen LogP contribution < -0.4 is 15.2 Å². The van der Waals surface area contributed by atoms with Crippen molar-refractivity contribution in [2.24, 2.45) is 4.99 Å². The normalized spacial score (nSPS) is 11.6. The van der Waals surface area contributed by atoms with Gasteiger partial charge in [0.1, 0.15) is 0 Å². The van der Waals surface area contributed by atoms with Crippen LogP contribution in [0.5, 0.6) is 5.75 Å². The van der Waals surface area contributed by atoms with Crippen molar-refractivity contribution < 1.29 is 14.1 Å². The summed E-state index contributed by atoms with van der Waals surface area (Å²) in [4.78, 5) is 29.4. The highest BCUT2D eigenvalue weighted by molar-refractivity contribution is 7.07. The van der Waals surface area contributed by atoms with E-state index in [2.05, 4.69) is 0 Å². The Hall–Kier alpha value is -4.50. The molecule has 2 heterocycles. The number of non-ortho nitro benzene ring substituents is 1. The van der Waals surface area contributed by atoms with Crippen LogP contribution in [0.15, 0.2) is 98.4 Å². The van der Waals surface area contributed by atoms with Gasteiger partial charge >= 0.3 is 5.63 Å². The molecule has 168 valence electrons. The van der Waals surface area contributed by atoms with Gasteiger partial charge in [0.05, 0.1) is 35.0 Å². The van der Waals surface area contributed by atoms with Crippen LogP contribution in [0.2, 0.25) is 0 Å². The number of aromatic nitrogens is 1. The van der Waals surface area contributed by atoms with E-state index in [9.17, 15) is 14.9 Å². The predicted molar refractivity (Wildman–Crippen MR) is 130 cm³/mol. The average molecular weight is 471 g/mol. The lowest BCUT2D eigenvalue weighted by Gasteiger charge is -2.10. The fourth-order valence-electron chi connectivity index (χ4n) is 3.64. The molecule has 5 aromatic rings. The van der Waals surface area contributed by atoms with Gasteiger partial charge in [-0.25, -0.2) is 9.79 Å². The maximum absolute atomic E-state index is 13.1. The predicted octanol–water partition coefficient (Wildman–Crippen LogP) is 5.46. The molecule has 0 atom stereocenters. The molecule has 34 heavy (non-hydrogen) atoms. The van der Waals surface area contributed by atoms with Crippen LogP contribution in [-0.2, 0) is 0 Å². The third-order valence-corrected chi connectivity index (χ3v) is 6.02. The summed E-state index contributed by atoms with van der Waals surface area (Å²) in [5, 5.41) is 13.6. The Balaban J connectivity index is 1.80. The molecule has 0 amide bonds. The lowest BCUT2D eigenvalue weighted by Crippen LogP contribution is -2.16. The zero-order valence-electron chi connectivity index (χ0n) is 17.9. The molecule has 0 aliphatic rings. The smallest absolute Gasteiger partial charge is 0.345 e. The number of methoxy groups -OCH3 is 1. The third-order valence-electron chi connectivity index (χ3n) is 5.19. The first-order valence-electron chi connectivity index (χ1n) is 10.2. The summed E-state index contributed by atoms with van der Waals surface area (Å²) in [5.41, 5.74) is 1.80. The number of thiazole rings is 1. The summed E-state index contributed by atoms with van der Waals surface area (Å²) in [6.07, 6.45) is 0. The van der Waals surface area contributed by atoms with Gasteiger partial charge in [0.25, 0.3) is 5.69 Å². The lowest BCUT2D eigenvalue weighted by atomic mass is 10.1. The highest BCUT2D eigenvalue weighted by Crippen LogP contribution is 2.33. The van der Waals surface area contributed by atoms with Gasteiger partial charge in [0.15, 0.2) is 16.1 Å². The molecule has 0 radical (unpaired) electrons. The van der Waals surface area contributed by atoms with Crippen molar-refractivity contribution in [3.8, 4) is 22.7 Å². The quantitative estimate of drug-likeness (QED) is 0.192. The monoisotopic (exact) mass is 471 g/mol. The van der Waals surface area contributed by atoms with Crippen molar-refractivity contribution in [3.05, 3.63) is 110 Å². The molecule has 0 saturated carbocycles. The molecule has 8 nitrogen and oxygen atoms in total. The van der Waals surface area contributed by atoms with E-state index in [1.165, 1.54) is 30.6 Å². The van der Waals surface area contributed by atoms with Crippen LogP contribution >= 0.6 is 11.3 Å². The van der Waals surface area contributed by atoms with Crippen LogP contribution in [0.25, 0.3) is 27.9 Å². The largest absolute Gasteiger partial charge is 0.493 e. The van der Waals surface area contributed by atoms with Crippen LogP contribution in [0.4, 0.5) is 11.4 Å². The number of hydrogen-bond donors (Lipinski definition) is 0. The molecule has 0 saturated heterocycles. The maximum atomic E-state index is 13.1. The first-order chi connectivity index (χ1) is 16.5. The highest BCUT2D eigenvalue weighted by atomic mass is 32.1. The van der Waals surface area contributed by atoms with Gasteiger partial charge < -0.3 is 9.15 Å². The third kappa shape index (κ3) is 3.89. The van der Waals surface area contributed by atoms with Gasteiger partial charge in [-0.05, 0) is 30.3 Å². The fraction of sp³-hybridized carbons (Fsp3) is 0.0400. The van der Waals surface area contributed by atoms with E-state index in [-0.39, 0.29) is 22.6 Å². The van der Waals surface area contributed by atoms with Gasteiger partial charge in [-0.3, -0.25) is 14.7 Å². The van der Waals surface area contributed by atoms with Crippen molar-refractivity contribution in [1.29, 1.82) is 0 Å². The van der Waals surface area contributed by atoms with Crippen molar-refractivity contribution in [2.75, 3.05) is 7.11 Å². The van der Waals surface area contributed by atoms with Gasteiger partial charge in [-0.2, -0.15) is 0 Å². The number of ether oxygens (including phenoxy) is 1. The van der Waals surface area contributed by atoms with E-state index < -0.39 is 10.5 Å². The number of fused-ring (bicyclic) bond motifs is 1. The number of nitro benzene ring substituents is 1. The Bertz CT molecular complexity index is 1640. The summed E-state index contributed by atoms with van der Waals surface area (Å²) in [5.74, 6) is 0.119. The molecule has 5 rings (SSSR count). The summed E-state index contributed by atoms with van der Waals surface area (Å²) >= 11 is 1.37. The van der Waals surface area contributed by atoms with Crippen LogP contribution in [0.1, 0.15) is 0 Å². The fourth-order valence-corrected chi connectivity index (χ4v) is 4.56. The average Bonchev–Trinajstić information content (AvgIpc) is 3.27. The van der Waals surface area contributed by atoms with E-state index >= 15 is 0 Å². The van der Waals surface area contributed by atoms with Gasteiger partial charge in [0.2, 0.25) is 0 Å². The molecule has 0 unspecified atom stereocenters. The molecular weight excluding hydrogens is 454 g/mol. The van der Waals surface area contributed by atoms with E-state index in [1.807, 2.05) is 70.6 Å². The van der Waals surface area contributed by atoms with E-state index in [1.54, 1.807) is 6.07 Å². The Morgan fingerprint density at radius 3 is 2.41 bits per heavy atom. The Morgan fingerprint density at radius 1 is 1.03 bits per heavy atom. The van der Waals surface area contributed by atoms with Crippen molar-refractivity contribution >= 4 is 33.7 Å². The number of nitro groups is 1. The molecule has 3 aromatic carbocycles. The van der Waals surface area contributed by atoms with Gasteiger partial charge in [-0.1, -0.05) is 36.4 Å². The molecule has 0 spiro atoms. The minimum Gasteiger partial charge on any atom is -0.493 e. The van der Waals surface area contributed by atoms with Gasteiger partial charge in [-0.15, -0.1) is 11.3 Å². The highest BCUT2D eigenvalue weighted by Gasteiger charge is 2.19. The number of para-hydroxylation sites is 2. The Kier molecular flexibility index (Phi) is 5.52. The van der Waals surface area contributed by atoms with Crippen LogP contribution in [-0.4, -0.2) is 16.6 Å². The molecule has 2 aromatic heterocycles. The first-order valence-corrected chi connectivity index (χ1v) is 11.1. The molecular formula is C25H17N3O5S. The summed E-state index contributed by atoms with van der Waals surface area (Å²) < 4.78 is 12.7. The standard InChI is InChI=1S/C25H17N3O5S/c1-32-22-14-19(28(30)31)12-16-13-20(24(29)33-23(16)22)21-15-34-25(26-17-8-4-2-5-9-17)27(21)18-10-6-3-7-11-18/h2-15H,1H3. The topological polar surface area (TPSA) is 99.9 Å². The van der Waals surface area contributed by atoms with Crippen molar-refractivity contribution in [2.45, 2.75) is 0 Å². The molecule has 0 aliphatic carbocycles. The van der Waals surface area contributed by atoms with E-state index in [4.69, 9.17) is 14.1 Å². The number of nitrogens with zero attached hydrogens (tertiary/aromatic N) is 3. The number of rotatable bonds is 5. The molecule has 0 N–H and O–H groups in total. The van der Waals surface area contributed by atoms with E-state index in [0.29, 0.717) is 15.9 Å². The number of hydrogen-bond acceptors (Lipinski definition) is 7. The van der Waals surface area contributed by atoms with E-state index in [0.717, 1.165) is 11.4 Å². The van der Waals surface area contributed by atoms with Crippen LogP contribution in [0, 0.1) is 10.1 Å². The summed E-state index contributed by atoms with van der Waals surface area (Å²) in [6, 6.07) is 23.2. The SMILES string of the molecule is COc1cc([N+](=O)[O-])cc2cc(-c3csc(=Nc4ccccc4)n3-c3ccccc3)c(=O)oc12. The first kappa shape index (κ1) is 21.4. The second-order valence-electron chi connectivity index (χ2n) is 7.29. The van der Waals surface area contributed by atoms with Crippen molar-refractivity contribution in [3.63, 3.8) is 0 Å². The van der Waals surface area contributed by atoms with Gasteiger partial charge in [0, 0.05) is 22.5 Å². The summed E-state index contributed by atoms with van der Waals surface area (Å²) in [7, 11) is 1.37. The number of benzene rings is 3. The lowest BCUT2D eigenvalue weighted by molar-refractivity contribution is -0.384. The second kappa shape index (κ2) is 8.80. The maximum Gasteiger partial charge on any atom is 0.345 e. The molecule has 0 aliphatic heterocycles. The molecule has 9 heteroatoms. The zero-order valence-corrected chi connectivity index (χ0v) is 18.7. The Morgan fingerprint density at radius 2 is 1.74 bits per heavy atom. The van der Waals surface area contributed by atoms with Crippen LogP contribution in [0.3, 0.4) is 0 Å².